The van der Waals surface area contributed by atoms with Gasteiger partial charge in [-0.05, 0) is 30.3 Å². The van der Waals surface area contributed by atoms with Crippen molar-refractivity contribution in [1.82, 2.24) is 4.98 Å². The second kappa shape index (κ2) is 4.98. The van der Waals surface area contributed by atoms with Crippen LogP contribution < -0.4 is 11.1 Å². The highest BCUT2D eigenvalue weighted by molar-refractivity contribution is 6.33. The molecule has 0 unspecified atom stereocenters. The maximum Gasteiger partial charge on any atom is 0.148 e. The molecule has 0 bridgehead atoms. The van der Waals surface area contributed by atoms with Crippen LogP contribution in [0.25, 0.3) is 10.8 Å². The Balaban J connectivity index is 2.14. The van der Waals surface area contributed by atoms with Gasteiger partial charge in [0, 0.05) is 34.5 Å². The Morgan fingerprint density at radius 3 is 2.75 bits per heavy atom. The Morgan fingerprint density at radius 2 is 1.95 bits per heavy atom. The van der Waals surface area contributed by atoms with Gasteiger partial charge in [-0.2, -0.15) is 0 Å². The van der Waals surface area contributed by atoms with Crippen LogP contribution in [0.3, 0.4) is 0 Å². The Labute approximate surface area is 120 Å². The quantitative estimate of drug-likeness (QED) is 0.689. The summed E-state index contributed by atoms with van der Waals surface area (Å²) in [5, 5.41) is 5.00. The van der Waals surface area contributed by atoms with Gasteiger partial charge in [0.05, 0.1) is 10.7 Å². The lowest BCUT2D eigenvalue weighted by Crippen LogP contribution is -1.97. The first kappa shape index (κ1) is 12.7. The first-order valence-corrected chi connectivity index (χ1v) is 6.38. The number of halogens is 2. The van der Waals surface area contributed by atoms with E-state index >= 15 is 0 Å². The highest BCUT2D eigenvalue weighted by Crippen LogP contribution is 2.33. The predicted molar refractivity (Wildman–Crippen MR) is 80.8 cm³/mol. The summed E-state index contributed by atoms with van der Waals surface area (Å²) in [6, 6.07) is 9.91. The van der Waals surface area contributed by atoms with Crippen LogP contribution in [-0.4, -0.2) is 4.98 Å². The fraction of sp³-hybridized carbons (Fsp3) is 0. The van der Waals surface area contributed by atoms with Crippen molar-refractivity contribution in [3.63, 3.8) is 0 Å². The Morgan fingerprint density at radius 1 is 1.10 bits per heavy atom. The SMILES string of the molecule is Nc1ccc(Nc2c(F)cccc2Cl)c2cnccc12. The minimum atomic E-state index is -0.411. The molecule has 0 atom stereocenters. The predicted octanol–water partition coefficient (Wildman–Crippen LogP) is 4.35. The van der Waals surface area contributed by atoms with Crippen molar-refractivity contribution < 1.29 is 4.39 Å². The number of nitrogens with one attached hydrogen (secondary N) is 1. The van der Waals surface area contributed by atoms with Crippen molar-refractivity contribution in [3.8, 4) is 0 Å². The number of nitrogens with two attached hydrogens (primary N) is 1. The van der Waals surface area contributed by atoms with Crippen molar-refractivity contribution in [2.45, 2.75) is 0 Å². The molecule has 100 valence electrons. The van der Waals surface area contributed by atoms with Gasteiger partial charge in [0.15, 0.2) is 0 Å². The molecule has 0 saturated carbocycles. The lowest BCUT2D eigenvalue weighted by Gasteiger charge is -2.12. The average molecular weight is 288 g/mol. The molecule has 0 aliphatic rings. The van der Waals surface area contributed by atoms with Crippen LogP contribution in [-0.2, 0) is 0 Å². The van der Waals surface area contributed by atoms with E-state index in [0.29, 0.717) is 16.4 Å². The Hall–Kier alpha value is -2.33. The number of fused-ring (bicyclic) bond motifs is 1. The van der Waals surface area contributed by atoms with Gasteiger partial charge in [-0.1, -0.05) is 17.7 Å². The van der Waals surface area contributed by atoms with Crippen molar-refractivity contribution >= 4 is 39.4 Å². The number of pyridine rings is 1. The van der Waals surface area contributed by atoms with E-state index in [1.54, 1.807) is 36.7 Å². The molecule has 3 rings (SSSR count). The minimum Gasteiger partial charge on any atom is -0.398 e. The number of hydrogen-bond donors (Lipinski definition) is 2. The number of nitrogens with zero attached hydrogens (tertiary/aromatic N) is 1. The number of benzene rings is 2. The number of nitrogen functional groups attached to an aromatic ring is 1. The summed E-state index contributed by atoms with van der Waals surface area (Å²) < 4.78 is 13.8. The number of rotatable bonds is 2. The zero-order valence-corrected chi connectivity index (χ0v) is 11.2. The third-order valence-corrected chi connectivity index (χ3v) is 3.39. The fourth-order valence-corrected chi connectivity index (χ4v) is 2.28. The second-order valence-corrected chi connectivity index (χ2v) is 4.75. The van der Waals surface area contributed by atoms with E-state index in [-0.39, 0.29) is 5.69 Å². The lowest BCUT2D eigenvalue weighted by atomic mass is 10.1. The molecule has 0 aliphatic carbocycles. The Bertz CT molecular complexity index is 769. The van der Waals surface area contributed by atoms with Crippen molar-refractivity contribution in [2.75, 3.05) is 11.1 Å². The summed E-state index contributed by atoms with van der Waals surface area (Å²) in [6.45, 7) is 0. The molecule has 1 heterocycles. The normalized spacial score (nSPS) is 10.7. The third kappa shape index (κ3) is 2.14. The monoisotopic (exact) mass is 287 g/mol. The highest BCUT2D eigenvalue weighted by atomic mass is 35.5. The molecule has 0 spiro atoms. The largest absolute Gasteiger partial charge is 0.398 e. The smallest absolute Gasteiger partial charge is 0.148 e. The molecule has 2 aromatic carbocycles. The third-order valence-electron chi connectivity index (χ3n) is 3.07. The molecule has 5 heteroatoms. The fourth-order valence-electron chi connectivity index (χ4n) is 2.07. The van der Waals surface area contributed by atoms with Gasteiger partial charge in [-0.3, -0.25) is 4.98 Å². The zero-order chi connectivity index (χ0) is 14.1. The summed E-state index contributed by atoms with van der Waals surface area (Å²) in [6.07, 6.45) is 3.35. The van der Waals surface area contributed by atoms with E-state index in [1.807, 2.05) is 6.07 Å². The van der Waals surface area contributed by atoms with Crippen molar-refractivity contribution in [3.05, 3.63) is 59.6 Å². The van der Waals surface area contributed by atoms with Gasteiger partial charge in [-0.25, -0.2) is 4.39 Å². The molecule has 0 amide bonds. The summed E-state index contributed by atoms with van der Waals surface area (Å²) in [5.41, 5.74) is 7.51. The molecule has 3 aromatic rings. The standard InChI is InChI=1S/C15H11ClFN3/c16-11-2-1-3-12(17)15(11)20-14-5-4-13(18)9-6-7-19-8-10(9)14/h1-8,20H,18H2. The van der Waals surface area contributed by atoms with Crippen LogP contribution in [0, 0.1) is 5.82 Å². The first-order chi connectivity index (χ1) is 9.66. The van der Waals surface area contributed by atoms with Gasteiger partial charge >= 0.3 is 0 Å². The maximum atomic E-state index is 13.8. The summed E-state index contributed by atoms with van der Waals surface area (Å²) in [5.74, 6) is -0.411. The van der Waals surface area contributed by atoms with Gasteiger partial charge in [0.1, 0.15) is 5.82 Å². The first-order valence-electron chi connectivity index (χ1n) is 6.00. The summed E-state index contributed by atoms with van der Waals surface area (Å²) in [7, 11) is 0. The van der Waals surface area contributed by atoms with Crippen molar-refractivity contribution in [1.29, 1.82) is 0 Å². The molecule has 1 aromatic heterocycles. The molecule has 0 saturated heterocycles. The van der Waals surface area contributed by atoms with Crippen LogP contribution >= 0.6 is 11.6 Å². The van der Waals surface area contributed by atoms with Gasteiger partial charge < -0.3 is 11.1 Å². The molecule has 0 aliphatic heterocycles. The van der Waals surface area contributed by atoms with Crippen LogP contribution in [0.2, 0.25) is 5.02 Å². The van der Waals surface area contributed by atoms with E-state index < -0.39 is 5.82 Å². The number of hydrogen-bond acceptors (Lipinski definition) is 3. The zero-order valence-electron chi connectivity index (χ0n) is 10.4. The molecule has 3 nitrogen and oxygen atoms in total. The van der Waals surface area contributed by atoms with Gasteiger partial charge in [0.2, 0.25) is 0 Å². The summed E-state index contributed by atoms with van der Waals surface area (Å²) in [4.78, 5) is 4.08. The van der Waals surface area contributed by atoms with E-state index in [2.05, 4.69) is 10.3 Å². The van der Waals surface area contributed by atoms with Crippen molar-refractivity contribution in [2.24, 2.45) is 0 Å². The number of para-hydroxylation sites is 1. The van der Waals surface area contributed by atoms with E-state index in [0.717, 1.165) is 10.8 Å². The molecule has 20 heavy (non-hydrogen) atoms. The van der Waals surface area contributed by atoms with E-state index in [1.165, 1.54) is 6.07 Å². The molecule has 0 radical (unpaired) electrons. The lowest BCUT2D eigenvalue weighted by molar-refractivity contribution is 0.632. The van der Waals surface area contributed by atoms with Gasteiger partial charge in [-0.15, -0.1) is 0 Å². The highest BCUT2D eigenvalue weighted by Gasteiger charge is 2.10. The molecule has 3 N–H and O–H groups in total. The van der Waals surface area contributed by atoms with Crippen LogP contribution in [0.5, 0.6) is 0 Å². The topological polar surface area (TPSA) is 50.9 Å². The average Bonchev–Trinajstić information content (AvgIpc) is 2.46. The van der Waals surface area contributed by atoms with Crippen LogP contribution in [0.15, 0.2) is 48.8 Å². The minimum absolute atomic E-state index is 0.240. The summed E-state index contributed by atoms with van der Waals surface area (Å²) >= 11 is 6.02. The van der Waals surface area contributed by atoms with Crippen LogP contribution in [0.4, 0.5) is 21.5 Å². The van der Waals surface area contributed by atoms with E-state index in [4.69, 9.17) is 17.3 Å². The number of aromatic nitrogens is 1. The molecular formula is C15H11ClFN3. The molecule has 0 fully saturated rings. The van der Waals surface area contributed by atoms with Gasteiger partial charge in [0.25, 0.3) is 0 Å². The van der Waals surface area contributed by atoms with Crippen LogP contribution in [0.1, 0.15) is 0 Å². The second-order valence-electron chi connectivity index (χ2n) is 4.35. The van der Waals surface area contributed by atoms with E-state index in [9.17, 15) is 4.39 Å². The molecular weight excluding hydrogens is 277 g/mol. The maximum absolute atomic E-state index is 13.8. The Kier molecular flexibility index (Phi) is 3.16. The number of anilines is 3.